The van der Waals surface area contributed by atoms with Crippen molar-refractivity contribution in [2.75, 3.05) is 13.7 Å². The van der Waals surface area contributed by atoms with Gasteiger partial charge in [0.1, 0.15) is 12.6 Å². The van der Waals surface area contributed by atoms with Crippen LogP contribution in [0.5, 0.6) is 0 Å². The van der Waals surface area contributed by atoms with Gasteiger partial charge in [0.2, 0.25) is 0 Å². The Morgan fingerprint density at radius 2 is 1.95 bits per heavy atom. The number of esters is 1. The van der Waals surface area contributed by atoms with E-state index in [4.69, 9.17) is 9.47 Å². The zero-order chi connectivity index (χ0) is 15.2. The quantitative estimate of drug-likeness (QED) is 0.803. The van der Waals surface area contributed by atoms with Crippen LogP contribution in [0.15, 0.2) is 30.3 Å². The summed E-state index contributed by atoms with van der Waals surface area (Å²) >= 11 is 0. The van der Waals surface area contributed by atoms with Crippen LogP contribution in [0.25, 0.3) is 0 Å². The molecule has 2 rings (SSSR count). The highest BCUT2D eigenvalue weighted by atomic mass is 16.6. The summed E-state index contributed by atoms with van der Waals surface area (Å²) in [6.07, 6.45) is 1.07. The molecule has 1 aromatic rings. The number of methoxy groups -OCH3 is 1. The second-order valence-corrected chi connectivity index (χ2v) is 5.41. The first-order chi connectivity index (χ1) is 10.1. The molecule has 114 valence electrons. The van der Waals surface area contributed by atoms with Crippen LogP contribution in [0, 0.1) is 5.92 Å². The highest BCUT2D eigenvalue weighted by Crippen LogP contribution is 2.23. The fourth-order valence-corrected chi connectivity index (χ4v) is 2.54. The number of hydrogen-bond donors (Lipinski definition) is 0. The van der Waals surface area contributed by atoms with Crippen molar-refractivity contribution >= 4 is 12.1 Å². The van der Waals surface area contributed by atoms with E-state index in [1.54, 1.807) is 0 Å². The monoisotopic (exact) mass is 291 g/mol. The molecular formula is C16H21NO4. The van der Waals surface area contributed by atoms with Gasteiger partial charge in [-0.15, -0.1) is 0 Å². The van der Waals surface area contributed by atoms with Crippen LogP contribution in [0.2, 0.25) is 0 Å². The molecular weight excluding hydrogens is 270 g/mol. The van der Waals surface area contributed by atoms with E-state index in [1.165, 1.54) is 12.0 Å². The molecule has 0 spiro atoms. The van der Waals surface area contributed by atoms with Gasteiger partial charge in [0, 0.05) is 6.54 Å². The molecule has 0 N–H and O–H groups in total. The zero-order valence-electron chi connectivity index (χ0n) is 12.5. The molecule has 5 heteroatoms. The summed E-state index contributed by atoms with van der Waals surface area (Å²) in [5, 5.41) is 0. The van der Waals surface area contributed by atoms with Crippen molar-refractivity contribution in [1.82, 2.24) is 4.90 Å². The Morgan fingerprint density at radius 3 is 2.62 bits per heavy atom. The van der Waals surface area contributed by atoms with Gasteiger partial charge in [0.25, 0.3) is 0 Å². The second kappa shape index (κ2) is 7.11. The van der Waals surface area contributed by atoms with Crippen LogP contribution in [-0.2, 0) is 20.9 Å². The topological polar surface area (TPSA) is 55.8 Å². The zero-order valence-corrected chi connectivity index (χ0v) is 12.5. The Labute approximate surface area is 124 Å². The molecule has 0 bridgehead atoms. The van der Waals surface area contributed by atoms with Gasteiger partial charge in [-0.3, -0.25) is 4.90 Å². The van der Waals surface area contributed by atoms with Gasteiger partial charge < -0.3 is 9.47 Å². The number of benzene rings is 1. The lowest BCUT2D eigenvalue weighted by Gasteiger charge is -2.36. The number of rotatable bonds is 3. The highest BCUT2D eigenvalue weighted by molar-refractivity contribution is 5.81. The van der Waals surface area contributed by atoms with Crippen LogP contribution in [0.3, 0.4) is 0 Å². The van der Waals surface area contributed by atoms with Gasteiger partial charge >= 0.3 is 12.1 Å². The third-order valence-electron chi connectivity index (χ3n) is 3.73. The van der Waals surface area contributed by atoms with E-state index in [0.29, 0.717) is 18.9 Å². The number of carbonyl (C=O) groups is 2. The van der Waals surface area contributed by atoms with E-state index in [0.717, 1.165) is 12.0 Å². The van der Waals surface area contributed by atoms with Gasteiger partial charge in [-0.05, 0) is 24.3 Å². The largest absolute Gasteiger partial charge is 0.467 e. The molecule has 1 heterocycles. The summed E-state index contributed by atoms with van der Waals surface area (Å²) in [4.78, 5) is 25.5. The van der Waals surface area contributed by atoms with E-state index < -0.39 is 12.1 Å². The lowest BCUT2D eigenvalue weighted by molar-refractivity contribution is -0.148. The van der Waals surface area contributed by atoms with Gasteiger partial charge in [-0.25, -0.2) is 9.59 Å². The average Bonchev–Trinajstić information content (AvgIpc) is 2.52. The van der Waals surface area contributed by atoms with Crippen molar-refractivity contribution in [3.05, 3.63) is 35.9 Å². The van der Waals surface area contributed by atoms with E-state index in [-0.39, 0.29) is 12.6 Å². The van der Waals surface area contributed by atoms with Crippen LogP contribution in [0.1, 0.15) is 25.3 Å². The third kappa shape index (κ3) is 3.97. The summed E-state index contributed by atoms with van der Waals surface area (Å²) < 4.78 is 10.1. The van der Waals surface area contributed by atoms with Crippen molar-refractivity contribution in [2.24, 2.45) is 5.92 Å². The Bertz CT molecular complexity index is 488. The lowest BCUT2D eigenvalue weighted by Crippen LogP contribution is -2.50. The molecule has 1 saturated heterocycles. The summed E-state index contributed by atoms with van der Waals surface area (Å²) in [6, 6.07) is 8.94. The fourth-order valence-electron chi connectivity index (χ4n) is 2.54. The number of amides is 1. The van der Waals surface area contributed by atoms with Crippen LogP contribution in [-0.4, -0.2) is 36.7 Å². The minimum atomic E-state index is -0.533. The predicted molar refractivity (Wildman–Crippen MR) is 77.5 cm³/mol. The van der Waals surface area contributed by atoms with Crippen LogP contribution >= 0.6 is 0 Å². The van der Waals surface area contributed by atoms with Crippen molar-refractivity contribution in [2.45, 2.75) is 32.4 Å². The summed E-state index contributed by atoms with van der Waals surface area (Å²) in [6.45, 7) is 2.79. The average molecular weight is 291 g/mol. The molecule has 2 unspecified atom stereocenters. The fraction of sp³-hybridized carbons (Fsp3) is 0.500. The van der Waals surface area contributed by atoms with E-state index in [9.17, 15) is 9.59 Å². The Hall–Kier alpha value is -2.04. The third-order valence-corrected chi connectivity index (χ3v) is 3.73. The SMILES string of the molecule is COC(=O)C1CCC(C)CN1C(=O)OCc1ccccc1. The summed E-state index contributed by atoms with van der Waals surface area (Å²) in [5.41, 5.74) is 0.922. The van der Waals surface area contributed by atoms with Crippen LogP contribution in [0.4, 0.5) is 4.79 Å². The molecule has 2 atom stereocenters. The molecule has 1 aliphatic heterocycles. The maximum atomic E-state index is 12.2. The Kier molecular flexibility index (Phi) is 5.20. The number of hydrogen-bond acceptors (Lipinski definition) is 4. The molecule has 1 aromatic carbocycles. The second-order valence-electron chi connectivity index (χ2n) is 5.41. The summed E-state index contributed by atoms with van der Waals surface area (Å²) in [5.74, 6) is -0.0197. The number of piperidine rings is 1. The minimum Gasteiger partial charge on any atom is -0.467 e. The molecule has 1 fully saturated rings. The Morgan fingerprint density at radius 1 is 1.24 bits per heavy atom. The molecule has 0 aromatic heterocycles. The van der Waals surface area contributed by atoms with Gasteiger partial charge in [-0.1, -0.05) is 37.3 Å². The first-order valence-corrected chi connectivity index (χ1v) is 7.17. The summed E-state index contributed by atoms with van der Waals surface area (Å²) in [7, 11) is 1.34. The van der Waals surface area contributed by atoms with Crippen molar-refractivity contribution in [3.8, 4) is 0 Å². The van der Waals surface area contributed by atoms with Crippen molar-refractivity contribution in [1.29, 1.82) is 0 Å². The number of likely N-dealkylation sites (tertiary alicyclic amines) is 1. The standard InChI is InChI=1S/C16H21NO4/c1-12-8-9-14(15(18)20-2)17(10-12)16(19)21-11-13-6-4-3-5-7-13/h3-7,12,14H,8-11H2,1-2H3. The molecule has 0 aliphatic carbocycles. The molecule has 1 amide bonds. The normalized spacial score (nSPS) is 21.7. The number of nitrogens with zero attached hydrogens (tertiary/aromatic N) is 1. The van der Waals surface area contributed by atoms with Crippen LogP contribution < -0.4 is 0 Å². The first-order valence-electron chi connectivity index (χ1n) is 7.17. The lowest BCUT2D eigenvalue weighted by atomic mass is 9.94. The molecule has 5 nitrogen and oxygen atoms in total. The molecule has 0 radical (unpaired) electrons. The predicted octanol–water partition coefficient (Wildman–Crippen LogP) is 2.60. The smallest absolute Gasteiger partial charge is 0.410 e. The highest BCUT2D eigenvalue weighted by Gasteiger charge is 2.36. The maximum Gasteiger partial charge on any atom is 0.410 e. The molecule has 21 heavy (non-hydrogen) atoms. The first kappa shape index (κ1) is 15.4. The maximum absolute atomic E-state index is 12.2. The van der Waals surface area contributed by atoms with Crippen molar-refractivity contribution in [3.63, 3.8) is 0 Å². The van der Waals surface area contributed by atoms with E-state index >= 15 is 0 Å². The van der Waals surface area contributed by atoms with Crippen molar-refractivity contribution < 1.29 is 19.1 Å². The van der Waals surface area contributed by atoms with Gasteiger partial charge in [0.15, 0.2) is 0 Å². The Balaban J connectivity index is 1.98. The van der Waals surface area contributed by atoms with Gasteiger partial charge in [-0.2, -0.15) is 0 Å². The molecule has 1 aliphatic rings. The van der Waals surface area contributed by atoms with Gasteiger partial charge in [0.05, 0.1) is 7.11 Å². The minimum absolute atomic E-state index is 0.207. The van der Waals surface area contributed by atoms with E-state index in [1.807, 2.05) is 30.3 Å². The van der Waals surface area contributed by atoms with E-state index in [2.05, 4.69) is 6.92 Å². The molecule has 0 saturated carbocycles. The number of carbonyl (C=O) groups excluding carboxylic acids is 2. The number of ether oxygens (including phenoxy) is 2.